The van der Waals surface area contributed by atoms with E-state index in [4.69, 9.17) is 5.73 Å². The maximum absolute atomic E-state index is 6.33. The molecule has 2 atom stereocenters. The Hall–Kier alpha value is -0.380. The van der Waals surface area contributed by atoms with Crippen LogP contribution in [-0.4, -0.2) is 24.5 Å². The summed E-state index contributed by atoms with van der Waals surface area (Å²) < 4.78 is 1.15. The van der Waals surface area contributed by atoms with Gasteiger partial charge in [0.05, 0.1) is 6.04 Å². The Kier molecular flexibility index (Phi) is 6.33. The van der Waals surface area contributed by atoms with Crippen molar-refractivity contribution in [2.45, 2.75) is 39.3 Å². The minimum Gasteiger partial charge on any atom is -0.326 e. The predicted molar refractivity (Wildman–Crippen MR) is 82.6 cm³/mol. The number of hydrogen-bond acceptors (Lipinski definition) is 2. The zero-order valence-corrected chi connectivity index (χ0v) is 13.4. The van der Waals surface area contributed by atoms with E-state index in [-0.39, 0.29) is 12.1 Å². The Balaban J connectivity index is 3.02. The average Bonchev–Trinajstić information content (AvgIpc) is 2.30. The van der Waals surface area contributed by atoms with Crippen LogP contribution in [0.2, 0.25) is 0 Å². The number of hydrogen-bond donors (Lipinski definition) is 1. The van der Waals surface area contributed by atoms with Crippen molar-refractivity contribution in [2.75, 3.05) is 13.6 Å². The van der Waals surface area contributed by atoms with Gasteiger partial charge in [0, 0.05) is 17.1 Å². The van der Waals surface area contributed by atoms with Gasteiger partial charge in [-0.2, -0.15) is 0 Å². The fourth-order valence-electron chi connectivity index (χ4n) is 2.42. The molecule has 2 unspecified atom stereocenters. The van der Waals surface area contributed by atoms with Crippen molar-refractivity contribution in [3.05, 3.63) is 34.3 Å². The van der Waals surface area contributed by atoms with Gasteiger partial charge in [0.2, 0.25) is 0 Å². The molecule has 2 nitrogen and oxygen atoms in total. The van der Waals surface area contributed by atoms with E-state index < -0.39 is 0 Å². The first-order valence-corrected chi connectivity index (χ1v) is 7.46. The first kappa shape index (κ1) is 15.7. The molecular weight excluding hydrogens is 288 g/mol. The SMILES string of the molecule is CCC(N)C(c1ccccc1Br)N(C)CC(C)C. The van der Waals surface area contributed by atoms with Crippen LogP contribution in [0.3, 0.4) is 0 Å². The lowest BCUT2D eigenvalue weighted by atomic mass is 9.96. The summed E-state index contributed by atoms with van der Waals surface area (Å²) in [6, 6.07) is 8.82. The first-order chi connectivity index (χ1) is 8.47. The predicted octanol–water partition coefficient (Wildman–Crippen LogP) is 3.82. The molecule has 0 saturated carbocycles. The molecule has 2 N–H and O–H groups in total. The van der Waals surface area contributed by atoms with Crippen molar-refractivity contribution in [1.82, 2.24) is 4.90 Å². The summed E-state index contributed by atoms with van der Waals surface area (Å²) >= 11 is 3.65. The Morgan fingerprint density at radius 2 is 1.89 bits per heavy atom. The van der Waals surface area contributed by atoms with Crippen LogP contribution in [0, 0.1) is 5.92 Å². The van der Waals surface area contributed by atoms with Gasteiger partial charge in [-0.15, -0.1) is 0 Å². The van der Waals surface area contributed by atoms with Crippen molar-refractivity contribution in [1.29, 1.82) is 0 Å². The van der Waals surface area contributed by atoms with Crippen LogP contribution < -0.4 is 5.73 Å². The maximum Gasteiger partial charge on any atom is 0.0507 e. The zero-order chi connectivity index (χ0) is 13.7. The molecule has 0 saturated heterocycles. The molecule has 0 heterocycles. The van der Waals surface area contributed by atoms with E-state index in [0.717, 1.165) is 17.4 Å². The number of nitrogens with two attached hydrogens (primary N) is 1. The molecule has 102 valence electrons. The van der Waals surface area contributed by atoms with E-state index in [0.29, 0.717) is 5.92 Å². The van der Waals surface area contributed by atoms with Gasteiger partial charge in [-0.25, -0.2) is 0 Å². The zero-order valence-electron chi connectivity index (χ0n) is 11.9. The maximum atomic E-state index is 6.33. The molecule has 0 radical (unpaired) electrons. The summed E-state index contributed by atoms with van der Waals surface area (Å²) in [4.78, 5) is 2.37. The van der Waals surface area contributed by atoms with E-state index >= 15 is 0 Å². The van der Waals surface area contributed by atoms with Gasteiger partial charge in [0.15, 0.2) is 0 Å². The van der Waals surface area contributed by atoms with Crippen LogP contribution in [-0.2, 0) is 0 Å². The second kappa shape index (κ2) is 7.27. The smallest absolute Gasteiger partial charge is 0.0507 e. The lowest BCUT2D eigenvalue weighted by molar-refractivity contribution is 0.188. The van der Waals surface area contributed by atoms with Crippen LogP contribution >= 0.6 is 15.9 Å². The third-order valence-corrected chi connectivity index (χ3v) is 3.95. The standard InChI is InChI=1S/C15H25BrN2/c1-5-14(17)15(18(4)10-11(2)3)12-8-6-7-9-13(12)16/h6-9,11,14-15H,5,10,17H2,1-4H3. The third-order valence-electron chi connectivity index (χ3n) is 3.23. The lowest BCUT2D eigenvalue weighted by Gasteiger charge is -2.34. The van der Waals surface area contributed by atoms with E-state index in [1.165, 1.54) is 5.56 Å². The fraction of sp³-hybridized carbons (Fsp3) is 0.600. The second-order valence-electron chi connectivity index (χ2n) is 5.37. The number of halogens is 1. The van der Waals surface area contributed by atoms with Gasteiger partial charge in [0.25, 0.3) is 0 Å². The largest absolute Gasteiger partial charge is 0.326 e. The monoisotopic (exact) mass is 312 g/mol. The Morgan fingerprint density at radius 3 is 2.39 bits per heavy atom. The Labute approximate surface area is 120 Å². The van der Waals surface area contributed by atoms with Crippen LogP contribution in [0.15, 0.2) is 28.7 Å². The Bertz CT molecular complexity index is 365. The van der Waals surface area contributed by atoms with E-state index in [1.54, 1.807) is 0 Å². The molecule has 18 heavy (non-hydrogen) atoms. The molecule has 1 aromatic rings. The highest BCUT2D eigenvalue weighted by Gasteiger charge is 2.25. The summed E-state index contributed by atoms with van der Waals surface area (Å²) in [6.45, 7) is 7.69. The van der Waals surface area contributed by atoms with Gasteiger partial charge < -0.3 is 5.73 Å². The van der Waals surface area contributed by atoms with Crippen molar-refractivity contribution < 1.29 is 0 Å². The number of benzene rings is 1. The first-order valence-electron chi connectivity index (χ1n) is 6.67. The molecule has 0 amide bonds. The van der Waals surface area contributed by atoms with Crippen LogP contribution in [0.4, 0.5) is 0 Å². The molecule has 0 aliphatic carbocycles. The molecule has 0 aromatic heterocycles. The van der Waals surface area contributed by atoms with Gasteiger partial charge >= 0.3 is 0 Å². The van der Waals surface area contributed by atoms with Gasteiger partial charge in [-0.3, -0.25) is 4.90 Å². The van der Waals surface area contributed by atoms with Crippen LogP contribution in [0.5, 0.6) is 0 Å². The van der Waals surface area contributed by atoms with Gasteiger partial charge in [-0.1, -0.05) is 54.9 Å². The molecule has 0 aliphatic heterocycles. The summed E-state index contributed by atoms with van der Waals surface area (Å²) in [7, 11) is 2.17. The summed E-state index contributed by atoms with van der Waals surface area (Å²) in [6.07, 6.45) is 0.981. The van der Waals surface area contributed by atoms with Crippen molar-refractivity contribution in [3.8, 4) is 0 Å². The highest BCUT2D eigenvalue weighted by atomic mass is 79.9. The molecule has 0 aliphatic rings. The third kappa shape index (κ3) is 4.08. The van der Waals surface area contributed by atoms with Crippen molar-refractivity contribution >= 4 is 15.9 Å². The quantitative estimate of drug-likeness (QED) is 0.865. The minimum absolute atomic E-state index is 0.160. The summed E-state index contributed by atoms with van der Waals surface area (Å²) in [5, 5.41) is 0. The molecule has 1 rings (SSSR count). The number of nitrogens with zero attached hydrogens (tertiary/aromatic N) is 1. The van der Waals surface area contributed by atoms with Gasteiger partial charge in [-0.05, 0) is 31.0 Å². The molecular formula is C15H25BrN2. The molecule has 0 spiro atoms. The normalized spacial score (nSPS) is 15.1. The van der Waals surface area contributed by atoms with Crippen molar-refractivity contribution in [2.24, 2.45) is 11.7 Å². The summed E-state index contributed by atoms with van der Waals surface area (Å²) in [5.41, 5.74) is 7.62. The topological polar surface area (TPSA) is 29.3 Å². The van der Waals surface area contributed by atoms with E-state index in [2.05, 4.69) is 66.8 Å². The van der Waals surface area contributed by atoms with E-state index in [9.17, 15) is 0 Å². The average molecular weight is 313 g/mol. The molecule has 1 aromatic carbocycles. The number of likely N-dealkylation sites (N-methyl/N-ethyl adjacent to an activating group) is 1. The Morgan fingerprint density at radius 1 is 1.28 bits per heavy atom. The summed E-state index contributed by atoms with van der Waals surface area (Å²) in [5.74, 6) is 0.643. The van der Waals surface area contributed by atoms with Crippen LogP contribution in [0.25, 0.3) is 0 Å². The van der Waals surface area contributed by atoms with E-state index in [1.807, 2.05) is 6.07 Å². The van der Waals surface area contributed by atoms with Crippen molar-refractivity contribution in [3.63, 3.8) is 0 Å². The highest BCUT2D eigenvalue weighted by Crippen LogP contribution is 2.30. The molecule has 3 heteroatoms. The minimum atomic E-state index is 0.160. The van der Waals surface area contributed by atoms with Gasteiger partial charge in [0.1, 0.15) is 0 Å². The molecule has 0 bridgehead atoms. The molecule has 0 fully saturated rings. The second-order valence-corrected chi connectivity index (χ2v) is 6.23. The lowest BCUT2D eigenvalue weighted by Crippen LogP contribution is -2.40. The number of rotatable bonds is 6. The fourth-order valence-corrected chi connectivity index (χ4v) is 2.94. The highest BCUT2D eigenvalue weighted by molar-refractivity contribution is 9.10. The van der Waals surface area contributed by atoms with Crippen LogP contribution in [0.1, 0.15) is 38.8 Å².